The summed E-state index contributed by atoms with van der Waals surface area (Å²) in [4.78, 5) is 24.1. The van der Waals surface area contributed by atoms with Crippen LogP contribution in [-0.2, 0) is 9.53 Å². The Morgan fingerprint density at radius 2 is 2.00 bits per heavy atom. The number of benzene rings is 1. The predicted octanol–water partition coefficient (Wildman–Crippen LogP) is 1.86. The van der Waals surface area contributed by atoms with Gasteiger partial charge in [-0.25, -0.2) is 9.59 Å². The molecule has 2 aromatic heterocycles. The Morgan fingerprint density at radius 3 is 2.64 bits per heavy atom. The zero-order valence-electron chi connectivity index (χ0n) is 11.6. The second-order valence-corrected chi connectivity index (χ2v) is 4.43. The summed E-state index contributed by atoms with van der Waals surface area (Å²) < 4.78 is 15.9. The van der Waals surface area contributed by atoms with Crippen molar-refractivity contribution < 1.29 is 18.4 Å². The first-order chi connectivity index (χ1) is 10.7. The Kier molecular flexibility index (Phi) is 3.61. The number of carbonyl (C=O) groups is 1. The van der Waals surface area contributed by atoms with E-state index >= 15 is 0 Å². The van der Waals surface area contributed by atoms with Crippen LogP contribution in [-0.4, -0.2) is 22.9 Å². The van der Waals surface area contributed by atoms with Gasteiger partial charge < -0.3 is 13.6 Å². The van der Waals surface area contributed by atoms with Gasteiger partial charge in [-0.1, -0.05) is 30.3 Å². The van der Waals surface area contributed by atoms with Gasteiger partial charge in [0.1, 0.15) is 0 Å². The van der Waals surface area contributed by atoms with E-state index in [9.17, 15) is 9.59 Å². The summed E-state index contributed by atoms with van der Waals surface area (Å²) in [5.74, 6) is -1.09. The second kappa shape index (κ2) is 5.72. The smallest absolute Gasteiger partial charge is 0.438 e. The van der Waals surface area contributed by atoms with E-state index in [1.54, 1.807) is 42.5 Å². The number of ether oxygens (including phenoxy) is 1. The lowest BCUT2D eigenvalue weighted by Gasteiger charge is -2.13. The largest absolute Gasteiger partial charge is 0.467 e. The van der Waals surface area contributed by atoms with Gasteiger partial charge in [0, 0.05) is 0 Å². The maximum Gasteiger partial charge on any atom is 0.438 e. The van der Waals surface area contributed by atoms with Gasteiger partial charge in [0.15, 0.2) is 11.8 Å². The van der Waals surface area contributed by atoms with Gasteiger partial charge in [-0.15, -0.1) is 5.10 Å². The predicted molar refractivity (Wildman–Crippen MR) is 75.1 cm³/mol. The van der Waals surface area contributed by atoms with Gasteiger partial charge in [-0.2, -0.15) is 4.68 Å². The van der Waals surface area contributed by atoms with Crippen LogP contribution in [0, 0.1) is 0 Å². The second-order valence-electron chi connectivity index (χ2n) is 4.43. The van der Waals surface area contributed by atoms with Crippen molar-refractivity contribution in [2.24, 2.45) is 0 Å². The van der Waals surface area contributed by atoms with Crippen molar-refractivity contribution in [1.82, 2.24) is 9.78 Å². The Balaban J connectivity index is 2.09. The molecule has 0 aliphatic heterocycles. The van der Waals surface area contributed by atoms with Crippen molar-refractivity contribution in [3.05, 3.63) is 64.8 Å². The number of hydrogen-bond acceptors (Lipinski definition) is 6. The first-order valence-corrected chi connectivity index (χ1v) is 6.47. The van der Waals surface area contributed by atoms with Gasteiger partial charge in [0.05, 0.1) is 13.4 Å². The summed E-state index contributed by atoms with van der Waals surface area (Å²) >= 11 is 0. The van der Waals surface area contributed by atoms with Crippen molar-refractivity contribution >= 4 is 5.97 Å². The van der Waals surface area contributed by atoms with Crippen LogP contribution >= 0.6 is 0 Å². The van der Waals surface area contributed by atoms with Crippen LogP contribution < -0.4 is 5.76 Å². The van der Waals surface area contributed by atoms with E-state index in [2.05, 4.69) is 5.10 Å². The Bertz CT molecular complexity index is 817. The molecule has 7 heteroatoms. The maximum absolute atomic E-state index is 12.1. The van der Waals surface area contributed by atoms with Gasteiger partial charge in [0.25, 0.3) is 5.89 Å². The summed E-state index contributed by atoms with van der Waals surface area (Å²) in [5.41, 5.74) is 0.566. The normalized spacial score (nSPS) is 12.0. The fraction of sp³-hybridized carbons (Fsp3) is 0.133. The molecule has 3 aromatic rings. The average Bonchev–Trinajstić information content (AvgIpc) is 3.19. The molecule has 0 bridgehead atoms. The van der Waals surface area contributed by atoms with E-state index < -0.39 is 17.8 Å². The van der Waals surface area contributed by atoms with Gasteiger partial charge in [-0.3, -0.25) is 0 Å². The lowest BCUT2D eigenvalue weighted by molar-refractivity contribution is -0.143. The fourth-order valence-corrected chi connectivity index (χ4v) is 2.08. The summed E-state index contributed by atoms with van der Waals surface area (Å²) in [6, 6.07) is 10.9. The first-order valence-electron chi connectivity index (χ1n) is 6.47. The Labute approximate surface area is 124 Å². The minimum absolute atomic E-state index is 0.000154. The van der Waals surface area contributed by atoms with E-state index in [0.29, 0.717) is 11.3 Å². The molecule has 0 aliphatic rings. The Hall–Kier alpha value is -3.09. The van der Waals surface area contributed by atoms with Crippen LogP contribution in [0.3, 0.4) is 0 Å². The van der Waals surface area contributed by atoms with E-state index in [4.69, 9.17) is 13.6 Å². The Morgan fingerprint density at radius 1 is 1.23 bits per heavy atom. The first kappa shape index (κ1) is 13.9. The highest BCUT2D eigenvalue weighted by molar-refractivity contribution is 5.77. The summed E-state index contributed by atoms with van der Waals surface area (Å²) in [7, 11) is 1.25. The average molecular weight is 300 g/mol. The highest BCUT2D eigenvalue weighted by atomic mass is 16.5. The maximum atomic E-state index is 12.1. The lowest BCUT2D eigenvalue weighted by atomic mass is 10.1. The van der Waals surface area contributed by atoms with Gasteiger partial charge in [0.2, 0.25) is 0 Å². The molecule has 3 rings (SSSR count). The van der Waals surface area contributed by atoms with Crippen LogP contribution in [0.4, 0.5) is 0 Å². The van der Waals surface area contributed by atoms with E-state index in [1.807, 2.05) is 0 Å². The molecule has 0 N–H and O–H groups in total. The monoisotopic (exact) mass is 300 g/mol. The minimum Gasteiger partial charge on any atom is -0.467 e. The summed E-state index contributed by atoms with van der Waals surface area (Å²) in [5, 5.41) is 4.04. The number of aromatic nitrogens is 2. The molecule has 0 saturated heterocycles. The van der Waals surface area contributed by atoms with Crippen LogP contribution in [0.25, 0.3) is 11.7 Å². The van der Waals surface area contributed by atoms with Crippen molar-refractivity contribution in [2.75, 3.05) is 7.11 Å². The molecule has 0 unspecified atom stereocenters. The molecule has 0 saturated carbocycles. The molecule has 0 radical (unpaired) electrons. The van der Waals surface area contributed by atoms with Gasteiger partial charge in [-0.05, 0) is 17.7 Å². The molecule has 0 fully saturated rings. The number of methoxy groups -OCH3 is 1. The van der Waals surface area contributed by atoms with E-state index in [1.165, 1.54) is 13.4 Å². The van der Waals surface area contributed by atoms with Crippen LogP contribution in [0.1, 0.15) is 11.6 Å². The highest BCUT2D eigenvalue weighted by Gasteiger charge is 2.28. The molecule has 0 aliphatic carbocycles. The summed E-state index contributed by atoms with van der Waals surface area (Å²) in [6.07, 6.45) is 1.43. The molecule has 1 atom stereocenters. The zero-order chi connectivity index (χ0) is 15.5. The van der Waals surface area contributed by atoms with Crippen LogP contribution in [0.15, 0.2) is 62.4 Å². The highest BCUT2D eigenvalue weighted by Crippen LogP contribution is 2.21. The number of furan rings is 1. The van der Waals surface area contributed by atoms with Gasteiger partial charge >= 0.3 is 11.7 Å². The van der Waals surface area contributed by atoms with Crippen molar-refractivity contribution in [3.63, 3.8) is 0 Å². The summed E-state index contributed by atoms with van der Waals surface area (Å²) in [6.45, 7) is 0. The zero-order valence-corrected chi connectivity index (χ0v) is 11.6. The van der Waals surface area contributed by atoms with Crippen LogP contribution in [0.5, 0.6) is 0 Å². The topological polar surface area (TPSA) is 87.5 Å². The van der Waals surface area contributed by atoms with Crippen LogP contribution in [0.2, 0.25) is 0 Å². The fourth-order valence-electron chi connectivity index (χ4n) is 2.08. The lowest BCUT2D eigenvalue weighted by Crippen LogP contribution is -2.30. The standard InChI is InChI=1S/C15H12N2O5/c1-20-14(18)12(10-6-3-2-4-7-10)17-15(19)22-13(16-17)11-8-5-9-21-11/h2-9,12H,1H3/t12-/m0/s1. The van der Waals surface area contributed by atoms with E-state index in [-0.39, 0.29) is 5.89 Å². The van der Waals surface area contributed by atoms with E-state index in [0.717, 1.165) is 4.68 Å². The number of esters is 1. The van der Waals surface area contributed by atoms with Crippen molar-refractivity contribution in [3.8, 4) is 11.7 Å². The number of hydrogen-bond donors (Lipinski definition) is 0. The molecule has 1 aromatic carbocycles. The third-order valence-corrected chi connectivity index (χ3v) is 3.09. The molecule has 0 spiro atoms. The molecule has 2 heterocycles. The molecule has 112 valence electrons. The molecule has 22 heavy (non-hydrogen) atoms. The molecular weight excluding hydrogens is 288 g/mol. The minimum atomic E-state index is -1.02. The van der Waals surface area contributed by atoms with Crippen molar-refractivity contribution in [2.45, 2.75) is 6.04 Å². The number of carbonyl (C=O) groups excluding carboxylic acids is 1. The molecular formula is C15H12N2O5. The number of nitrogens with zero attached hydrogens (tertiary/aromatic N) is 2. The number of rotatable bonds is 4. The molecule has 0 amide bonds. The molecule has 7 nitrogen and oxygen atoms in total. The van der Waals surface area contributed by atoms with Crippen molar-refractivity contribution in [1.29, 1.82) is 0 Å². The quantitative estimate of drug-likeness (QED) is 0.683. The SMILES string of the molecule is COC(=O)[C@H](c1ccccc1)n1nc(-c2ccco2)oc1=O. The third kappa shape index (κ3) is 2.44. The third-order valence-electron chi connectivity index (χ3n) is 3.09.